The number of amides is 2. The Morgan fingerprint density at radius 2 is 2.00 bits per heavy atom. The van der Waals surface area contributed by atoms with Gasteiger partial charge < -0.3 is 30.5 Å². The Morgan fingerprint density at radius 1 is 1.18 bits per heavy atom. The molecule has 172 valence electrons. The summed E-state index contributed by atoms with van der Waals surface area (Å²) in [6.07, 6.45) is 0.618. The van der Waals surface area contributed by atoms with E-state index in [4.69, 9.17) is 14.6 Å². The number of carbonyl (C=O) groups is 2. The number of nitrogens with one attached hydrogen (secondary N) is 3. The lowest BCUT2D eigenvalue weighted by molar-refractivity contribution is -0.115. The Bertz CT molecular complexity index is 1330. The minimum Gasteiger partial charge on any atom is -0.493 e. The highest BCUT2D eigenvalue weighted by Crippen LogP contribution is 2.35. The van der Waals surface area contributed by atoms with Crippen molar-refractivity contribution in [2.24, 2.45) is 0 Å². The zero-order chi connectivity index (χ0) is 24.1. The molecular formula is C24H21N5O5. The fourth-order valence-electron chi connectivity index (χ4n) is 3.44. The molecule has 0 bridgehead atoms. The minimum atomic E-state index is -1.14. The third kappa shape index (κ3) is 4.99. The number of carboxylic acid groups (broad SMARTS) is 1. The van der Waals surface area contributed by atoms with Crippen LogP contribution in [-0.2, 0) is 11.2 Å². The number of aromatic nitrogens is 2. The van der Waals surface area contributed by atoms with E-state index in [0.29, 0.717) is 45.6 Å². The Balaban J connectivity index is 1.65. The number of hydrogen-bond donors (Lipinski definition) is 4. The highest BCUT2D eigenvalue weighted by atomic mass is 16.5. The SMILES string of the molecule is COc1ccc(Nc2ncc3c(n2)-c2ccc(C#CCNC(=O)O)cc2NC(=O)C3)cc1OC. The van der Waals surface area contributed by atoms with Crippen molar-refractivity contribution in [2.75, 3.05) is 31.4 Å². The molecule has 4 rings (SSSR count). The zero-order valence-corrected chi connectivity index (χ0v) is 18.4. The van der Waals surface area contributed by atoms with Crippen molar-refractivity contribution in [3.63, 3.8) is 0 Å². The smallest absolute Gasteiger partial charge is 0.405 e. The second kappa shape index (κ2) is 9.79. The van der Waals surface area contributed by atoms with Crippen LogP contribution >= 0.6 is 0 Å². The van der Waals surface area contributed by atoms with Gasteiger partial charge in [0.05, 0.1) is 38.6 Å². The molecule has 0 fully saturated rings. The van der Waals surface area contributed by atoms with Gasteiger partial charge in [0.25, 0.3) is 0 Å². The molecule has 3 aromatic rings. The molecule has 2 heterocycles. The molecule has 1 aromatic heterocycles. The first-order valence-electron chi connectivity index (χ1n) is 10.2. The summed E-state index contributed by atoms with van der Waals surface area (Å²) in [7, 11) is 3.13. The standard InChI is InChI=1S/C24H21N5O5/c1-33-19-8-6-16(12-20(19)34-2)27-23-26-13-15-11-21(30)28-18-10-14(4-3-9-25-24(31)32)5-7-17(18)22(15)29-23/h5-8,10,12-13,25H,9,11H2,1-2H3,(H,28,30)(H,31,32)(H,26,27,29). The second-order valence-electron chi connectivity index (χ2n) is 7.21. The maximum atomic E-state index is 12.4. The first-order chi connectivity index (χ1) is 16.5. The summed E-state index contributed by atoms with van der Waals surface area (Å²) in [5.41, 5.74) is 3.95. The summed E-state index contributed by atoms with van der Waals surface area (Å²) in [4.78, 5) is 32.0. The number of nitrogens with zero attached hydrogens (tertiary/aromatic N) is 2. The van der Waals surface area contributed by atoms with E-state index in [1.54, 1.807) is 44.7 Å². The van der Waals surface area contributed by atoms with Crippen LogP contribution < -0.4 is 25.4 Å². The molecular weight excluding hydrogens is 438 g/mol. The van der Waals surface area contributed by atoms with E-state index < -0.39 is 6.09 Å². The van der Waals surface area contributed by atoms with Crippen molar-refractivity contribution in [3.05, 3.63) is 53.7 Å². The first kappa shape index (κ1) is 22.4. The molecule has 10 heteroatoms. The molecule has 4 N–H and O–H groups in total. The van der Waals surface area contributed by atoms with Crippen molar-refractivity contribution in [1.82, 2.24) is 15.3 Å². The number of rotatable bonds is 5. The van der Waals surface area contributed by atoms with Crippen molar-refractivity contribution in [2.45, 2.75) is 6.42 Å². The number of ether oxygens (including phenoxy) is 2. The summed E-state index contributed by atoms with van der Waals surface area (Å²) in [5, 5.41) is 16.9. The number of carbonyl (C=O) groups excluding carboxylic acids is 1. The molecule has 1 aliphatic heterocycles. The maximum absolute atomic E-state index is 12.4. The third-order valence-corrected chi connectivity index (χ3v) is 4.96. The van der Waals surface area contributed by atoms with Crippen LogP contribution in [0, 0.1) is 11.8 Å². The molecule has 0 unspecified atom stereocenters. The van der Waals surface area contributed by atoms with Crippen LogP contribution in [0.4, 0.5) is 22.1 Å². The van der Waals surface area contributed by atoms with Gasteiger partial charge in [-0.15, -0.1) is 0 Å². The van der Waals surface area contributed by atoms with Crippen LogP contribution in [0.2, 0.25) is 0 Å². The molecule has 0 spiro atoms. The predicted octanol–water partition coefficient (Wildman–Crippen LogP) is 3.02. The molecule has 0 aliphatic carbocycles. The van der Waals surface area contributed by atoms with Crippen molar-refractivity contribution < 1.29 is 24.2 Å². The van der Waals surface area contributed by atoms with Gasteiger partial charge >= 0.3 is 6.09 Å². The Hall–Kier alpha value is -4.78. The van der Waals surface area contributed by atoms with E-state index in [2.05, 4.69) is 37.8 Å². The largest absolute Gasteiger partial charge is 0.493 e. The van der Waals surface area contributed by atoms with Gasteiger partial charge in [0.1, 0.15) is 0 Å². The van der Waals surface area contributed by atoms with Gasteiger partial charge in [0.2, 0.25) is 11.9 Å². The van der Waals surface area contributed by atoms with E-state index in [-0.39, 0.29) is 18.9 Å². The van der Waals surface area contributed by atoms with Gasteiger partial charge in [-0.05, 0) is 30.3 Å². The van der Waals surface area contributed by atoms with Gasteiger partial charge in [-0.1, -0.05) is 11.8 Å². The Kier molecular flexibility index (Phi) is 6.45. The quantitative estimate of drug-likeness (QED) is 0.428. The number of fused-ring (bicyclic) bond motifs is 3. The van der Waals surface area contributed by atoms with Gasteiger partial charge in [0.15, 0.2) is 11.5 Å². The second-order valence-corrected chi connectivity index (χ2v) is 7.21. The average Bonchev–Trinajstić information content (AvgIpc) is 2.96. The molecule has 0 saturated heterocycles. The van der Waals surface area contributed by atoms with Crippen LogP contribution in [0.5, 0.6) is 11.5 Å². The molecule has 2 amide bonds. The lowest BCUT2D eigenvalue weighted by atomic mass is 10.0. The van der Waals surface area contributed by atoms with Crippen LogP contribution in [-0.4, -0.2) is 47.8 Å². The Labute approximate surface area is 195 Å². The summed E-state index contributed by atoms with van der Waals surface area (Å²) in [6, 6.07) is 10.7. The number of benzene rings is 2. The molecule has 34 heavy (non-hydrogen) atoms. The molecule has 0 radical (unpaired) electrons. The zero-order valence-electron chi connectivity index (χ0n) is 18.4. The van der Waals surface area contributed by atoms with Crippen LogP contribution in [0.1, 0.15) is 11.1 Å². The van der Waals surface area contributed by atoms with Gasteiger partial charge in [-0.3, -0.25) is 4.79 Å². The predicted molar refractivity (Wildman–Crippen MR) is 126 cm³/mol. The normalized spacial score (nSPS) is 11.5. The lowest BCUT2D eigenvalue weighted by Crippen LogP contribution is -2.20. The number of anilines is 3. The monoisotopic (exact) mass is 459 g/mol. The Morgan fingerprint density at radius 3 is 2.76 bits per heavy atom. The van der Waals surface area contributed by atoms with Crippen LogP contribution in [0.3, 0.4) is 0 Å². The van der Waals surface area contributed by atoms with Gasteiger partial charge in [-0.25, -0.2) is 14.8 Å². The number of hydrogen-bond acceptors (Lipinski definition) is 7. The summed E-state index contributed by atoms with van der Waals surface area (Å²) in [6.45, 7) is 0.0000109. The highest BCUT2D eigenvalue weighted by Gasteiger charge is 2.21. The lowest BCUT2D eigenvalue weighted by Gasteiger charge is -2.12. The summed E-state index contributed by atoms with van der Waals surface area (Å²) < 4.78 is 10.6. The van der Waals surface area contributed by atoms with Crippen LogP contribution in [0.15, 0.2) is 42.6 Å². The first-order valence-corrected chi connectivity index (χ1v) is 10.2. The van der Waals surface area contributed by atoms with E-state index >= 15 is 0 Å². The fraction of sp³-hybridized carbons (Fsp3) is 0.167. The molecule has 10 nitrogen and oxygen atoms in total. The fourth-order valence-corrected chi connectivity index (χ4v) is 3.44. The van der Waals surface area contributed by atoms with E-state index in [1.807, 2.05) is 12.1 Å². The van der Waals surface area contributed by atoms with E-state index in [0.717, 1.165) is 5.56 Å². The van der Waals surface area contributed by atoms with Crippen molar-refractivity contribution >= 4 is 29.3 Å². The maximum Gasteiger partial charge on any atom is 0.405 e. The topological polar surface area (TPSA) is 135 Å². The van der Waals surface area contributed by atoms with Crippen LogP contribution in [0.25, 0.3) is 11.3 Å². The average molecular weight is 459 g/mol. The molecule has 0 atom stereocenters. The molecule has 1 aliphatic rings. The van der Waals surface area contributed by atoms with Gasteiger partial charge in [-0.2, -0.15) is 0 Å². The number of methoxy groups -OCH3 is 2. The third-order valence-electron chi connectivity index (χ3n) is 4.96. The molecule has 2 aromatic carbocycles. The van der Waals surface area contributed by atoms with Crippen molar-refractivity contribution in [3.8, 4) is 34.6 Å². The summed E-state index contributed by atoms with van der Waals surface area (Å²) >= 11 is 0. The molecule has 0 saturated carbocycles. The van der Waals surface area contributed by atoms with Crippen molar-refractivity contribution in [1.29, 1.82) is 0 Å². The van der Waals surface area contributed by atoms with E-state index in [1.165, 1.54) is 0 Å². The summed E-state index contributed by atoms with van der Waals surface area (Å²) in [5.74, 6) is 6.94. The van der Waals surface area contributed by atoms with E-state index in [9.17, 15) is 9.59 Å². The van der Waals surface area contributed by atoms with Gasteiger partial charge in [0, 0.05) is 34.6 Å². The highest BCUT2D eigenvalue weighted by molar-refractivity contribution is 6.00. The minimum absolute atomic E-state index is 0.0000109.